The third-order valence-corrected chi connectivity index (χ3v) is 5.95. The lowest BCUT2D eigenvalue weighted by Gasteiger charge is -2.30. The quantitative estimate of drug-likeness (QED) is 0.764. The molecule has 0 N–H and O–H groups in total. The second kappa shape index (κ2) is 6.39. The minimum Gasteiger partial charge on any atom is -0.496 e. The van der Waals surface area contributed by atoms with Gasteiger partial charge in [-0.1, -0.05) is 18.2 Å². The van der Waals surface area contributed by atoms with Crippen molar-refractivity contribution in [2.45, 2.75) is 18.5 Å². The van der Waals surface area contributed by atoms with E-state index in [9.17, 15) is 14.0 Å². The molecule has 3 fully saturated rings. The van der Waals surface area contributed by atoms with Crippen molar-refractivity contribution < 1.29 is 18.7 Å². The summed E-state index contributed by atoms with van der Waals surface area (Å²) in [4.78, 5) is 27.9. The summed E-state index contributed by atoms with van der Waals surface area (Å²) in [6.45, 7) is 1.54. The average molecular weight is 381 g/mol. The topological polar surface area (TPSA) is 53.1 Å². The highest BCUT2D eigenvalue weighted by Crippen LogP contribution is 2.50. The third kappa shape index (κ3) is 2.33. The Balaban J connectivity index is 1.60. The van der Waals surface area contributed by atoms with Crippen LogP contribution in [0.1, 0.15) is 18.0 Å². The number of nitrogens with zero attached hydrogens (tertiary/aromatic N) is 3. The molecule has 0 spiro atoms. The summed E-state index contributed by atoms with van der Waals surface area (Å²) in [6, 6.07) is 12.3. The summed E-state index contributed by atoms with van der Waals surface area (Å²) < 4.78 is 18.9. The van der Waals surface area contributed by atoms with Crippen LogP contribution >= 0.6 is 0 Å². The Labute approximate surface area is 162 Å². The Bertz CT molecular complexity index is 948. The van der Waals surface area contributed by atoms with E-state index in [1.165, 1.54) is 29.2 Å². The van der Waals surface area contributed by atoms with Crippen molar-refractivity contribution in [3.05, 3.63) is 59.9 Å². The van der Waals surface area contributed by atoms with Crippen LogP contribution < -0.4 is 9.64 Å². The first-order valence-corrected chi connectivity index (χ1v) is 9.41. The molecule has 144 valence electrons. The molecule has 3 saturated heterocycles. The van der Waals surface area contributed by atoms with E-state index in [2.05, 4.69) is 5.01 Å². The SMILES string of the molecule is COc1ccccc1[C@@H]1[C@H]2C(=O)N(c3ccc(F)cc3)C(=O)[C@H]2N2CCCN12. The van der Waals surface area contributed by atoms with Crippen LogP contribution in [-0.2, 0) is 9.59 Å². The summed E-state index contributed by atoms with van der Waals surface area (Å²) in [6.07, 6.45) is 0.937. The number of benzene rings is 2. The molecule has 2 amide bonds. The fourth-order valence-corrected chi connectivity index (χ4v) is 4.84. The first-order valence-electron chi connectivity index (χ1n) is 9.41. The van der Waals surface area contributed by atoms with Gasteiger partial charge in [-0.05, 0) is 36.8 Å². The van der Waals surface area contributed by atoms with Crippen LogP contribution in [0.15, 0.2) is 48.5 Å². The highest BCUT2D eigenvalue weighted by molar-refractivity contribution is 6.24. The molecule has 0 unspecified atom stereocenters. The van der Waals surface area contributed by atoms with Crippen LogP contribution in [0.2, 0.25) is 0 Å². The van der Waals surface area contributed by atoms with Crippen LogP contribution in [0.3, 0.4) is 0 Å². The first kappa shape index (κ1) is 17.3. The maximum Gasteiger partial charge on any atom is 0.253 e. The molecule has 3 aliphatic heterocycles. The molecule has 3 aliphatic rings. The maximum atomic E-state index is 13.4. The number of amides is 2. The summed E-state index contributed by atoms with van der Waals surface area (Å²) in [5, 5.41) is 4.18. The number of hydrazine groups is 1. The monoisotopic (exact) mass is 381 g/mol. The lowest BCUT2D eigenvalue weighted by molar-refractivity contribution is -0.126. The lowest BCUT2D eigenvalue weighted by atomic mass is 9.89. The normalized spacial score (nSPS) is 27.4. The second-order valence-electron chi connectivity index (χ2n) is 7.33. The summed E-state index contributed by atoms with van der Waals surface area (Å²) in [7, 11) is 1.61. The van der Waals surface area contributed by atoms with Gasteiger partial charge >= 0.3 is 0 Å². The molecule has 7 heteroatoms. The molecular formula is C21H20FN3O3. The van der Waals surface area contributed by atoms with Crippen molar-refractivity contribution in [2.24, 2.45) is 5.92 Å². The first-order chi connectivity index (χ1) is 13.6. The molecular weight excluding hydrogens is 361 g/mol. The molecule has 0 aromatic heterocycles. The van der Waals surface area contributed by atoms with Gasteiger partial charge in [-0.2, -0.15) is 0 Å². The standard InChI is InChI=1S/C21H20FN3O3/c1-28-16-6-3-2-5-15(16)18-17-19(24-12-4-11-23(18)24)21(27)25(20(17)26)14-9-7-13(22)8-10-14/h2-3,5-10,17-19H,4,11-12H2,1H3/t17-,18-,19+/m1/s1. The maximum absolute atomic E-state index is 13.4. The highest BCUT2D eigenvalue weighted by Gasteiger charge is 2.63. The van der Waals surface area contributed by atoms with Gasteiger partial charge in [0.25, 0.3) is 5.91 Å². The molecule has 2 aromatic carbocycles. The van der Waals surface area contributed by atoms with Crippen LogP contribution in [0.5, 0.6) is 5.75 Å². The lowest BCUT2D eigenvalue weighted by Crippen LogP contribution is -2.44. The number of hydrogen-bond donors (Lipinski definition) is 0. The number of methoxy groups -OCH3 is 1. The molecule has 28 heavy (non-hydrogen) atoms. The van der Waals surface area contributed by atoms with Crippen molar-refractivity contribution in [1.29, 1.82) is 0 Å². The minimum absolute atomic E-state index is 0.244. The van der Waals surface area contributed by atoms with Crippen LogP contribution in [-0.4, -0.2) is 48.1 Å². The molecule has 6 nitrogen and oxygen atoms in total. The van der Waals surface area contributed by atoms with Crippen LogP contribution in [0.25, 0.3) is 0 Å². The Morgan fingerprint density at radius 3 is 2.32 bits per heavy atom. The van der Waals surface area contributed by atoms with E-state index in [4.69, 9.17) is 4.74 Å². The number of ether oxygens (including phenoxy) is 1. The predicted molar refractivity (Wildman–Crippen MR) is 99.9 cm³/mol. The zero-order valence-corrected chi connectivity index (χ0v) is 15.4. The largest absolute Gasteiger partial charge is 0.496 e. The molecule has 3 atom stereocenters. The van der Waals surface area contributed by atoms with E-state index < -0.39 is 17.8 Å². The van der Waals surface area contributed by atoms with Gasteiger partial charge in [0.2, 0.25) is 5.91 Å². The Kier molecular flexibility index (Phi) is 3.96. The van der Waals surface area contributed by atoms with E-state index in [0.717, 1.165) is 25.1 Å². The van der Waals surface area contributed by atoms with Gasteiger partial charge < -0.3 is 4.74 Å². The summed E-state index contributed by atoms with van der Waals surface area (Å²) in [5.74, 6) is -0.701. The van der Waals surface area contributed by atoms with Crippen LogP contribution in [0.4, 0.5) is 10.1 Å². The molecule has 0 saturated carbocycles. The molecule has 0 aliphatic carbocycles. The molecule has 0 bridgehead atoms. The number of rotatable bonds is 3. The van der Waals surface area contributed by atoms with Gasteiger partial charge in [-0.15, -0.1) is 0 Å². The number of hydrogen-bond acceptors (Lipinski definition) is 5. The van der Waals surface area contributed by atoms with Crippen molar-refractivity contribution >= 4 is 17.5 Å². The van der Waals surface area contributed by atoms with E-state index in [1.54, 1.807) is 7.11 Å². The number of anilines is 1. The van der Waals surface area contributed by atoms with Crippen molar-refractivity contribution in [1.82, 2.24) is 10.0 Å². The number of para-hydroxylation sites is 1. The Hall–Kier alpha value is -2.77. The predicted octanol–water partition coefficient (Wildman–Crippen LogP) is 2.37. The third-order valence-electron chi connectivity index (χ3n) is 5.95. The summed E-state index contributed by atoms with van der Waals surface area (Å²) >= 11 is 0. The van der Waals surface area contributed by atoms with Gasteiger partial charge in [-0.25, -0.2) is 19.3 Å². The van der Waals surface area contributed by atoms with Gasteiger partial charge in [-0.3, -0.25) is 9.59 Å². The van der Waals surface area contributed by atoms with Crippen molar-refractivity contribution in [3.8, 4) is 5.75 Å². The van der Waals surface area contributed by atoms with E-state index in [-0.39, 0.29) is 17.9 Å². The molecule has 5 rings (SSSR count). The molecule has 2 aromatic rings. The number of carbonyl (C=O) groups is 2. The number of fused-ring (bicyclic) bond motifs is 3. The summed E-state index contributed by atoms with van der Waals surface area (Å²) in [5.41, 5.74) is 1.32. The fourth-order valence-electron chi connectivity index (χ4n) is 4.84. The Morgan fingerprint density at radius 1 is 0.929 bits per heavy atom. The zero-order valence-electron chi connectivity index (χ0n) is 15.4. The highest BCUT2D eigenvalue weighted by atomic mass is 19.1. The van der Waals surface area contributed by atoms with Gasteiger partial charge in [0.15, 0.2) is 0 Å². The van der Waals surface area contributed by atoms with Crippen molar-refractivity contribution in [3.63, 3.8) is 0 Å². The van der Waals surface area contributed by atoms with Gasteiger partial charge in [0, 0.05) is 18.7 Å². The van der Waals surface area contributed by atoms with Gasteiger partial charge in [0.05, 0.1) is 24.8 Å². The van der Waals surface area contributed by atoms with Crippen molar-refractivity contribution in [2.75, 3.05) is 25.1 Å². The fraction of sp³-hybridized carbons (Fsp3) is 0.333. The minimum atomic E-state index is -0.532. The number of carbonyl (C=O) groups excluding carboxylic acids is 2. The zero-order chi connectivity index (χ0) is 19.4. The van der Waals surface area contributed by atoms with Gasteiger partial charge in [0.1, 0.15) is 17.6 Å². The Morgan fingerprint density at radius 2 is 1.61 bits per heavy atom. The number of halogens is 1. The molecule has 3 heterocycles. The smallest absolute Gasteiger partial charge is 0.253 e. The second-order valence-corrected chi connectivity index (χ2v) is 7.33. The van der Waals surface area contributed by atoms with E-state index in [0.29, 0.717) is 11.4 Å². The van der Waals surface area contributed by atoms with Crippen LogP contribution in [0, 0.1) is 11.7 Å². The average Bonchev–Trinajstić information content (AvgIpc) is 3.35. The number of imide groups is 1. The van der Waals surface area contributed by atoms with E-state index in [1.807, 2.05) is 29.3 Å². The molecule has 0 radical (unpaired) electrons. The van der Waals surface area contributed by atoms with E-state index >= 15 is 0 Å².